The summed E-state index contributed by atoms with van der Waals surface area (Å²) in [7, 11) is 0. The summed E-state index contributed by atoms with van der Waals surface area (Å²) in [6.07, 6.45) is 4.27. The Kier molecular flexibility index (Phi) is 5.84. The molecule has 6 heteroatoms. The van der Waals surface area contributed by atoms with Gasteiger partial charge in [-0.1, -0.05) is 11.6 Å². The average molecular weight is 344 g/mol. The molecule has 3 nitrogen and oxygen atoms in total. The van der Waals surface area contributed by atoms with Crippen LogP contribution in [0.2, 0.25) is 5.02 Å². The van der Waals surface area contributed by atoms with Gasteiger partial charge in [-0.3, -0.25) is 0 Å². The zero-order chi connectivity index (χ0) is 14.8. The Bertz CT molecular complexity index is 636. The summed E-state index contributed by atoms with van der Waals surface area (Å²) in [5.41, 5.74) is 1.73. The molecule has 3 rings (SSSR count). The Balaban J connectivity index is 0.00000176. The Labute approximate surface area is 141 Å². The fourth-order valence-electron chi connectivity index (χ4n) is 2.88. The van der Waals surface area contributed by atoms with Gasteiger partial charge < -0.3 is 9.88 Å². The van der Waals surface area contributed by atoms with Crippen molar-refractivity contribution in [2.24, 2.45) is 0 Å². The van der Waals surface area contributed by atoms with E-state index in [9.17, 15) is 4.39 Å². The van der Waals surface area contributed by atoms with Gasteiger partial charge in [0.2, 0.25) is 0 Å². The van der Waals surface area contributed by atoms with Crippen molar-refractivity contribution in [3.63, 3.8) is 0 Å². The van der Waals surface area contributed by atoms with Crippen LogP contribution in [0.15, 0.2) is 24.4 Å². The normalized spacial score (nSPS) is 15.6. The number of piperidine rings is 1. The second kappa shape index (κ2) is 7.44. The highest BCUT2D eigenvalue weighted by Crippen LogP contribution is 2.29. The van der Waals surface area contributed by atoms with Crippen LogP contribution in [0.4, 0.5) is 4.39 Å². The first-order chi connectivity index (χ1) is 10.2. The van der Waals surface area contributed by atoms with E-state index in [-0.39, 0.29) is 17.4 Å². The van der Waals surface area contributed by atoms with Crippen molar-refractivity contribution in [2.75, 3.05) is 13.1 Å². The number of benzene rings is 1. The molecule has 22 heavy (non-hydrogen) atoms. The van der Waals surface area contributed by atoms with E-state index in [1.165, 1.54) is 6.07 Å². The van der Waals surface area contributed by atoms with Crippen LogP contribution in [0.3, 0.4) is 0 Å². The first kappa shape index (κ1) is 17.3. The van der Waals surface area contributed by atoms with Crippen molar-refractivity contribution >= 4 is 24.0 Å². The zero-order valence-corrected chi connectivity index (χ0v) is 14.1. The van der Waals surface area contributed by atoms with Crippen LogP contribution in [0.1, 0.15) is 31.5 Å². The molecule has 0 bridgehead atoms. The predicted octanol–water partition coefficient (Wildman–Crippen LogP) is 4.25. The lowest BCUT2D eigenvalue weighted by molar-refractivity contribution is 0.432. The van der Waals surface area contributed by atoms with E-state index in [2.05, 4.69) is 16.8 Å². The fraction of sp³-hybridized carbons (Fsp3) is 0.438. The third-order valence-corrected chi connectivity index (χ3v) is 4.36. The molecule has 0 aliphatic carbocycles. The standard InChI is InChI=1S/C16H19ClFN3.ClH/c1-2-21-10-15(12-3-4-14(18)13(17)9-12)20-16(21)11-5-7-19-8-6-11;/h3-4,9-11,19H,2,5-8H2,1H3;1H. The lowest BCUT2D eigenvalue weighted by Crippen LogP contribution is -2.28. The predicted molar refractivity (Wildman–Crippen MR) is 90.4 cm³/mol. The van der Waals surface area contributed by atoms with Crippen molar-refractivity contribution in [1.82, 2.24) is 14.9 Å². The topological polar surface area (TPSA) is 29.9 Å². The van der Waals surface area contributed by atoms with Gasteiger partial charge in [-0.25, -0.2) is 9.37 Å². The highest BCUT2D eigenvalue weighted by molar-refractivity contribution is 6.31. The van der Waals surface area contributed by atoms with Crippen LogP contribution in [0.25, 0.3) is 11.3 Å². The average Bonchev–Trinajstić information content (AvgIpc) is 2.95. The van der Waals surface area contributed by atoms with Crippen LogP contribution < -0.4 is 5.32 Å². The number of nitrogens with zero attached hydrogens (tertiary/aromatic N) is 2. The summed E-state index contributed by atoms with van der Waals surface area (Å²) in [6, 6.07) is 4.77. The molecule has 0 atom stereocenters. The van der Waals surface area contributed by atoms with E-state index >= 15 is 0 Å². The van der Waals surface area contributed by atoms with E-state index in [4.69, 9.17) is 16.6 Å². The molecule has 1 aliphatic rings. The maximum absolute atomic E-state index is 13.3. The molecule has 0 spiro atoms. The maximum atomic E-state index is 13.3. The highest BCUT2D eigenvalue weighted by atomic mass is 35.5. The zero-order valence-electron chi connectivity index (χ0n) is 12.5. The van der Waals surface area contributed by atoms with Crippen molar-refractivity contribution in [3.05, 3.63) is 41.1 Å². The van der Waals surface area contributed by atoms with Crippen molar-refractivity contribution < 1.29 is 4.39 Å². The van der Waals surface area contributed by atoms with Gasteiger partial charge in [0.05, 0.1) is 10.7 Å². The van der Waals surface area contributed by atoms with E-state index in [1.54, 1.807) is 12.1 Å². The maximum Gasteiger partial charge on any atom is 0.141 e. The molecule has 2 heterocycles. The van der Waals surface area contributed by atoms with Crippen LogP contribution in [0, 0.1) is 5.82 Å². The Morgan fingerprint density at radius 1 is 1.36 bits per heavy atom. The largest absolute Gasteiger partial charge is 0.334 e. The third kappa shape index (κ3) is 3.45. The minimum absolute atomic E-state index is 0. The van der Waals surface area contributed by atoms with Gasteiger partial charge in [-0.2, -0.15) is 0 Å². The van der Waals surface area contributed by atoms with E-state index in [1.807, 2.05) is 6.20 Å². The molecule has 0 saturated carbocycles. The van der Waals surface area contributed by atoms with Crippen LogP contribution in [0.5, 0.6) is 0 Å². The lowest BCUT2D eigenvalue weighted by atomic mass is 9.97. The van der Waals surface area contributed by atoms with Gasteiger partial charge in [0.15, 0.2) is 0 Å². The van der Waals surface area contributed by atoms with E-state index in [0.29, 0.717) is 5.92 Å². The molecule has 1 aromatic heterocycles. The van der Waals surface area contributed by atoms with Gasteiger partial charge in [-0.05, 0) is 51.1 Å². The van der Waals surface area contributed by atoms with Gasteiger partial charge in [-0.15, -0.1) is 12.4 Å². The summed E-state index contributed by atoms with van der Waals surface area (Å²) in [4.78, 5) is 4.80. The fourth-order valence-corrected chi connectivity index (χ4v) is 3.06. The number of imidazole rings is 1. The van der Waals surface area contributed by atoms with E-state index < -0.39 is 5.82 Å². The number of hydrogen-bond acceptors (Lipinski definition) is 2. The number of aryl methyl sites for hydroxylation is 1. The number of hydrogen-bond donors (Lipinski definition) is 1. The van der Waals surface area contributed by atoms with Gasteiger partial charge in [0, 0.05) is 24.2 Å². The van der Waals surface area contributed by atoms with Gasteiger partial charge in [0.1, 0.15) is 11.6 Å². The Hall–Kier alpha value is -1.10. The molecule has 1 aliphatic heterocycles. The molecular formula is C16H20Cl2FN3. The Morgan fingerprint density at radius 3 is 2.73 bits per heavy atom. The lowest BCUT2D eigenvalue weighted by Gasteiger charge is -2.22. The van der Waals surface area contributed by atoms with Crippen LogP contribution in [-0.4, -0.2) is 22.6 Å². The monoisotopic (exact) mass is 343 g/mol. The molecule has 0 amide bonds. The van der Waals surface area contributed by atoms with Gasteiger partial charge in [0.25, 0.3) is 0 Å². The smallest absolute Gasteiger partial charge is 0.141 e. The first-order valence-electron chi connectivity index (χ1n) is 7.42. The first-order valence-corrected chi connectivity index (χ1v) is 7.80. The summed E-state index contributed by atoms with van der Waals surface area (Å²) >= 11 is 5.88. The van der Waals surface area contributed by atoms with Crippen molar-refractivity contribution in [1.29, 1.82) is 0 Å². The SMILES string of the molecule is CCn1cc(-c2ccc(F)c(Cl)c2)nc1C1CCNCC1.Cl. The molecule has 1 saturated heterocycles. The summed E-state index contributed by atoms with van der Waals surface area (Å²) in [5.74, 6) is 1.24. The number of halogens is 3. The summed E-state index contributed by atoms with van der Waals surface area (Å²) in [5, 5.41) is 3.52. The summed E-state index contributed by atoms with van der Waals surface area (Å²) < 4.78 is 15.5. The van der Waals surface area contributed by atoms with Crippen LogP contribution >= 0.6 is 24.0 Å². The molecule has 120 valence electrons. The highest BCUT2D eigenvalue weighted by Gasteiger charge is 2.21. The van der Waals surface area contributed by atoms with Crippen molar-refractivity contribution in [3.8, 4) is 11.3 Å². The molecular weight excluding hydrogens is 324 g/mol. The molecule has 2 aromatic rings. The molecule has 1 fully saturated rings. The number of nitrogens with one attached hydrogen (secondary N) is 1. The minimum Gasteiger partial charge on any atom is -0.334 e. The Morgan fingerprint density at radius 2 is 2.09 bits per heavy atom. The molecule has 1 aromatic carbocycles. The molecule has 0 radical (unpaired) electrons. The molecule has 1 N–H and O–H groups in total. The van der Waals surface area contributed by atoms with Gasteiger partial charge >= 0.3 is 0 Å². The van der Waals surface area contributed by atoms with Crippen LogP contribution in [-0.2, 0) is 6.54 Å². The second-order valence-electron chi connectivity index (χ2n) is 5.42. The quantitative estimate of drug-likeness (QED) is 0.902. The minimum atomic E-state index is -0.395. The number of aromatic nitrogens is 2. The van der Waals surface area contributed by atoms with Crippen molar-refractivity contribution in [2.45, 2.75) is 32.2 Å². The van der Waals surface area contributed by atoms with E-state index in [0.717, 1.165) is 49.6 Å². The third-order valence-electron chi connectivity index (χ3n) is 4.07. The number of rotatable bonds is 3. The molecule has 0 unspecified atom stereocenters. The summed E-state index contributed by atoms with van der Waals surface area (Å²) in [6.45, 7) is 5.09. The second-order valence-corrected chi connectivity index (χ2v) is 5.83.